The standard InChI is InChI=1S/C23H24N4O2S2/c1-2-18-25-26-19(29-18)14-30-23-24-21-20(16-10-6-7-11-17(16)31-21)22(28)27(23)13-12-15-8-4-3-5-9-15/h3-5,8-9H,2,6-7,10-14H2,1H3. The van der Waals surface area contributed by atoms with E-state index in [1.807, 2.05) is 29.7 Å². The van der Waals surface area contributed by atoms with Gasteiger partial charge in [-0.15, -0.1) is 21.5 Å². The van der Waals surface area contributed by atoms with Crippen molar-refractivity contribution in [2.75, 3.05) is 0 Å². The fourth-order valence-electron chi connectivity index (χ4n) is 4.03. The number of hydrogen-bond donors (Lipinski definition) is 0. The molecule has 1 aromatic carbocycles. The number of thiophene rings is 1. The largest absolute Gasteiger partial charge is 0.424 e. The minimum atomic E-state index is 0.0857. The summed E-state index contributed by atoms with van der Waals surface area (Å²) in [6.45, 7) is 2.59. The van der Waals surface area contributed by atoms with Crippen LogP contribution in [0.25, 0.3) is 10.2 Å². The Labute approximate surface area is 188 Å². The average Bonchev–Trinajstić information content (AvgIpc) is 3.42. The van der Waals surface area contributed by atoms with E-state index >= 15 is 0 Å². The highest BCUT2D eigenvalue weighted by molar-refractivity contribution is 7.98. The molecule has 5 rings (SSSR count). The molecule has 1 aliphatic rings. The Morgan fingerprint density at radius 3 is 2.74 bits per heavy atom. The van der Waals surface area contributed by atoms with Gasteiger partial charge in [0, 0.05) is 17.8 Å². The van der Waals surface area contributed by atoms with Gasteiger partial charge in [-0.25, -0.2) is 4.98 Å². The quantitative estimate of drug-likeness (QED) is 0.296. The minimum absolute atomic E-state index is 0.0857. The first-order chi connectivity index (χ1) is 15.2. The van der Waals surface area contributed by atoms with Gasteiger partial charge >= 0.3 is 0 Å². The molecule has 0 saturated carbocycles. The number of fused-ring (bicyclic) bond motifs is 3. The molecule has 0 aliphatic heterocycles. The van der Waals surface area contributed by atoms with Gasteiger partial charge < -0.3 is 4.42 Å². The second-order valence-electron chi connectivity index (χ2n) is 7.71. The fourth-order valence-corrected chi connectivity index (χ4v) is 6.19. The van der Waals surface area contributed by atoms with Crippen molar-refractivity contribution in [3.63, 3.8) is 0 Å². The molecule has 3 aromatic heterocycles. The van der Waals surface area contributed by atoms with Gasteiger partial charge in [-0.2, -0.15) is 0 Å². The van der Waals surface area contributed by atoms with Gasteiger partial charge in [0.15, 0.2) is 5.16 Å². The SMILES string of the molecule is CCc1nnc(CSc2nc3sc4c(c3c(=O)n2CCc2ccccc2)CCCC4)o1. The van der Waals surface area contributed by atoms with Crippen LogP contribution in [-0.2, 0) is 38.0 Å². The lowest BCUT2D eigenvalue weighted by atomic mass is 9.97. The third-order valence-electron chi connectivity index (χ3n) is 5.64. The molecule has 0 N–H and O–H groups in total. The maximum atomic E-state index is 13.6. The topological polar surface area (TPSA) is 73.8 Å². The van der Waals surface area contributed by atoms with E-state index in [0.29, 0.717) is 30.5 Å². The third kappa shape index (κ3) is 4.19. The molecular formula is C23H24N4O2S2. The highest BCUT2D eigenvalue weighted by Crippen LogP contribution is 2.35. The molecule has 0 bridgehead atoms. The molecule has 0 unspecified atom stereocenters. The van der Waals surface area contributed by atoms with Crippen molar-refractivity contribution >= 4 is 33.3 Å². The predicted octanol–water partition coefficient (Wildman–Crippen LogP) is 4.82. The molecular weight excluding hydrogens is 428 g/mol. The van der Waals surface area contributed by atoms with Crippen LogP contribution in [0, 0.1) is 0 Å². The fraction of sp³-hybridized carbons (Fsp3) is 0.391. The van der Waals surface area contributed by atoms with E-state index in [2.05, 4.69) is 22.3 Å². The normalized spacial score (nSPS) is 13.6. The lowest BCUT2D eigenvalue weighted by Gasteiger charge is -2.13. The van der Waals surface area contributed by atoms with E-state index in [-0.39, 0.29) is 5.56 Å². The smallest absolute Gasteiger partial charge is 0.263 e. The van der Waals surface area contributed by atoms with Crippen LogP contribution in [-0.4, -0.2) is 19.7 Å². The van der Waals surface area contributed by atoms with E-state index in [4.69, 9.17) is 9.40 Å². The first-order valence-electron chi connectivity index (χ1n) is 10.8. The molecule has 1 aliphatic carbocycles. The molecule has 3 heterocycles. The Hall–Kier alpha value is -2.45. The van der Waals surface area contributed by atoms with Gasteiger partial charge in [0.05, 0.1) is 11.1 Å². The summed E-state index contributed by atoms with van der Waals surface area (Å²) < 4.78 is 7.50. The van der Waals surface area contributed by atoms with Crippen LogP contribution >= 0.6 is 23.1 Å². The summed E-state index contributed by atoms with van der Waals surface area (Å²) >= 11 is 3.19. The van der Waals surface area contributed by atoms with Crippen molar-refractivity contribution in [2.45, 2.75) is 62.9 Å². The van der Waals surface area contributed by atoms with E-state index in [1.165, 1.54) is 34.2 Å². The molecule has 6 nitrogen and oxygen atoms in total. The molecule has 0 fully saturated rings. The lowest BCUT2D eigenvalue weighted by molar-refractivity contribution is 0.469. The van der Waals surface area contributed by atoms with Crippen molar-refractivity contribution in [3.05, 3.63) is 68.5 Å². The Bertz CT molecular complexity index is 1260. The Kier molecular flexibility index (Phi) is 5.91. The van der Waals surface area contributed by atoms with Crippen molar-refractivity contribution < 1.29 is 4.42 Å². The molecule has 0 radical (unpaired) electrons. The van der Waals surface area contributed by atoms with Crippen LogP contribution in [0.15, 0.2) is 44.7 Å². The van der Waals surface area contributed by atoms with Gasteiger partial charge in [-0.3, -0.25) is 9.36 Å². The maximum absolute atomic E-state index is 13.6. The zero-order chi connectivity index (χ0) is 21.2. The molecule has 0 amide bonds. The van der Waals surface area contributed by atoms with Gasteiger partial charge in [0.2, 0.25) is 11.8 Å². The summed E-state index contributed by atoms with van der Waals surface area (Å²) in [5.41, 5.74) is 2.53. The number of thioether (sulfide) groups is 1. The summed E-state index contributed by atoms with van der Waals surface area (Å²) in [6, 6.07) is 10.3. The number of benzene rings is 1. The Morgan fingerprint density at radius 1 is 1.13 bits per heavy atom. The first kappa shape index (κ1) is 20.5. The number of rotatable bonds is 7. The summed E-state index contributed by atoms with van der Waals surface area (Å²) in [5.74, 6) is 1.70. The van der Waals surface area contributed by atoms with E-state index in [9.17, 15) is 4.79 Å². The van der Waals surface area contributed by atoms with Crippen LogP contribution in [0.5, 0.6) is 0 Å². The van der Waals surface area contributed by atoms with Crippen LogP contribution in [0.4, 0.5) is 0 Å². The maximum Gasteiger partial charge on any atom is 0.263 e. The van der Waals surface area contributed by atoms with Crippen molar-refractivity contribution in [2.24, 2.45) is 0 Å². The minimum Gasteiger partial charge on any atom is -0.424 e. The Morgan fingerprint density at radius 2 is 1.94 bits per heavy atom. The number of aromatic nitrogens is 4. The number of nitrogens with zero attached hydrogens (tertiary/aromatic N) is 4. The first-order valence-corrected chi connectivity index (χ1v) is 12.6. The summed E-state index contributed by atoms with van der Waals surface area (Å²) in [4.78, 5) is 20.8. The van der Waals surface area contributed by atoms with Crippen LogP contribution in [0.2, 0.25) is 0 Å². The van der Waals surface area contributed by atoms with Crippen molar-refractivity contribution in [1.82, 2.24) is 19.7 Å². The number of hydrogen-bond acceptors (Lipinski definition) is 7. The molecule has 8 heteroatoms. The second-order valence-corrected chi connectivity index (χ2v) is 9.74. The summed E-state index contributed by atoms with van der Waals surface area (Å²) in [6.07, 6.45) is 5.89. The second kappa shape index (κ2) is 8.96. The highest BCUT2D eigenvalue weighted by atomic mass is 32.2. The van der Waals surface area contributed by atoms with E-state index in [0.717, 1.165) is 41.1 Å². The predicted molar refractivity (Wildman–Crippen MR) is 124 cm³/mol. The molecule has 0 spiro atoms. The molecule has 4 aromatic rings. The molecule has 0 atom stereocenters. The van der Waals surface area contributed by atoms with Gasteiger partial charge in [-0.05, 0) is 43.2 Å². The van der Waals surface area contributed by atoms with E-state index in [1.54, 1.807) is 11.3 Å². The van der Waals surface area contributed by atoms with Gasteiger partial charge in [0.1, 0.15) is 4.83 Å². The number of aryl methyl sites for hydroxylation is 4. The van der Waals surface area contributed by atoms with Gasteiger partial charge in [-0.1, -0.05) is 49.0 Å². The van der Waals surface area contributed by atoms with Crippen LogP contribution < -0.4 is 5.56 Å². The third-order valence-corrected chi connectivity index (χ3v) is 7.79. The summed E-state index contributed by atoms with van der Waals surface area (Å²) in [7, 11) is 0. The molecule has 160 valence electrons. The van der Waals surface area contributed by atoms with Crippen LogP contribution in [0.3, 0.4) is 0 Å². The van der Waals surface area contributed by atoms with Gasteiger partial charge in [0.25, 0.3) is 5.56 Å². The van der Waals surface area contributed by atoms with Crippen molar-refractivity contribution in [3.8, 4) is 0 Å². The Balaban J connectivity index is 1.51. The molecule has 31 heavy (non-hydrogen) atoms. The van der Waals surface area contributed by atoms with Crippen molar-refractivity contribution in [1.29, 1.82) is 0 Å². The lowest BCUT2D eigenvalue weighted by Crippen LogP contribution is -2.24. The average molecular weight is 453 g/mol. The zero-order valence-electron chi connectivity index (χ0n) is 17.5. The highest BCUT2D eigenvalue weighted by Gasteiger charge is 2.22. The van der Waals surface area contributed by atoms with E-state index < -0.39 is 0 Å². The monoisotopic (exact) mass is 452 g/mol. The van der Waals surface area contributed by atoms with Crippen LogP contribution in [0.1, 0.15) is 47.6 Å². The molecule has 0 saturated heterocycles. The summed E-state index contributed by atoms with van der Waals surface area (Å²) in [5, 5.41) is 9.71. The zero-order valence-corrected chi connectivity index (χ0v) is 19.1.